The summed E-state index contributed by atoms with van der Waals surface area (Å²) >= 11 is 0. The zero-order valence-electron chi connectivity index (χ0n) is 8.15. The molecule has 0 bridgehead atoms. The Morgan fingerprint density at radius 2 is 2.07 bits per heavy atom. The van der Waals surface area contributed by atoms with Crippen molar-refractivity contribution in [3.63, 3.8) is 0 Å². The third-order valence-corrected chi connectivity index (χ3v) is 1.57. The van der Waals surface area contributed by atoms with Gasteiger partial charge in [-0.2, -0.15) is 0 Å². The first kappa shape index (κ1) is 12.9. The summed E-state index contributed by atoms with van der Waals surface area (Å²) in [5.41, 5.74) is 0. The first-order chi connectivity index (χ1) is 6.56. The Kier molecular flexibility index (Phi) is 6.69. The predicted molar refractivity (Wildman–Crippen MR) is 47.2 cm³/mol. The summed E-state index contributed by atoms with van der Waals surface area (Å²) < 4.78 is 0. The third kappa shape index (κ3) is 7.51. The number of aliphatic hydroxyl groups is 1. The number of hydrogen-bond donors (Lipinski definition) is 2. The van der Waals surface area contributed by atoms with Crippen LogP contribution in [-0.2, 0) is 9.59 Å². The van der Waals surface area contributed by atoms with E-state index in [1.807, 2.05) is 0 Å². The van der Waals surface area contributed by atoms with Gasteiger partial charge in [-0.05, 0) is 0 Å². The first-order valence-electron chi connectivity index (χ1n) is 4.33. The van der Waals surface area contributed by atoms with Crippen LogP contribution in [0.4, 0.5) is 0 Å². The Labute approximate surface area is 82.5 Å². The number of carboxylic acid groups (broad SMARTS) is 1. The number of amides is 1. The molecule has 1 amide bonds. The van der Waals surface area contributed by atoms with E-state index in [0.29, 0.717) is 13.1 Å². The van der Waals surface area contributed by atoms with Gasteiger partial charge in [-0.1, -0.05) is 0 Å². The van der Waals surface area contributed by atoms with Gasteiger partial charge >= 0.3 is 0 Å². The van der Waals surface area contributed by atoms with Crippen molar-refractivity contribution < 1.29 is 19.8 Å². The fourth-order valence-electron chi connectivity index (χ4n) is 0.984. The fourth-order valence-corrected chi connectivity index (χ4v) is 0.984. The van der Waals surface area contributed by atoms with E-state index in [0.717, 1.165) is 0 Å². The minimum absolute atomic E-state index is 0.118. The highest BCUT2D eigenvalue weighted by Crippen LogP contribution is 1.85. The van der Waals surface area contributed by atoms with Crippen LogP contribution in [0.3, 0.4) is 0 Å². The number of nitrogens with one attached hydrogen (secondary N) is 1. The largest absolute Gasteiger partial charge is 0.549 e. The summed E-state index contributed by atoms with van der Waals surface area (Å²) in [4.78, 5) is 22.2. The van der Waals surface area contributed by atoms with Gasteiger partial charge in [0.2, 0.25) is 5.91 Å². The minimum Gasteiger partial charge on any atom is -0.549 e. The lowest BCUT2D eigenvalue weighted by Crippen LogP contribution is -2.42. The van der Waals surface area contributed by atoms with Crippen molar-refractivity contribution in [2.45, 2.75) is 6.92 Å². The number of carboxylic acids is 1. The standard InChI is InChI=1S/C8H16N2O4/c1-7(12)9-2-3-10(4-5-11)6-8(13)14/h11H,2-6H2,1H3,(H,9,12)(H,13,14)/p-1. The second-order valence-corrected chi connectivity index (χ2v) is 2.85. The second-order valence-electron chi connectivity index (χ2n) is 2.85. The van der Waals surface area contributed by atoms with Crippen LogP contribution in [0, 0.1) is 0 Å². The molecule has 0 aromatic heterocycles. The zero-order chi connectivity index (χ0) is 11.0. The van der Waals surface area contributed by atoms with Gasteiger partial charge in [0.05, 0.1) is 12.6 Å². The molecule has 0 aliphatic heterocycles. The highest BCUT2D eigenvalue weighted by atomic mass is 16.4. The van der Waals surface area contributed by atoms with E-state index in [2.05, 4.69) is 5.32 Å². The van der Waals surface area contributed by atoms with Crippen LogP contribution in [0.5, 0.6) is 0 Å². The minimum atomic E-state index is -1.19. The van der Waals surface area contributed by atoms with Gasteiger partial charge in [0.25, 0.3) is 0 Å². The van der Waals surface area contributed by atoms with Gasteiger partial charge in [0, 0.05) is 33.1 Å². The molecule has 0 atom stereocenters. The van der Waals surface area contributed by atoms with Gasteiger partial charge in [-0.15, -0.1) is 0 Å². The summed E-state index contributed by atoms with van der Waals surface area (Å²) in [6.07, 6.45) is 0. The van der Waals surface area contributed by atoms with E-state index in [1.54, 1.807) is 0 Å². The smallest absolute Gasteiger partial charge is 0.216 e. The van der Waals surface area contributed by atoms with E-state index >= 15 is 0 Å². The Morgan fingerprint density at radius 3 is 2.50 bits per heavy atom. The molecule has 0 saturated carbocycles. The molecule has 0 fully saturated rings. The molecule has 0 aliphatic rings. The molecule has 0 aromatic carbocycles. The lowest BCUT2D eigenvalue weighted by atomic mass is 10.4. The quantitative estimate of drug-likeness (QED) is 0.465. The summed E-state index contributed by atoms with van der Waals surface area (Å²) in [7, 11) is 0. The molecule has 0 spiro atoms. The summed E-state index contributed by atoms with van der Waals surface area (Å²) in [5, 5.41) is 21.4. The van der Waals surface area contributed by atoms with Crippen molar-refractivity contribution in [1.82, 2.24) is 10.2 Å². The van der Waals surface area contributed by atoms with Crippen molar-refractivity contribution in [2.75, 3.05) is 32.8 Å². The molecular formula is C8H15N2O4-. The zero-order valence-corrected chi connectivity index (χ0v) is 8.15. The number of rotatable bonds is 7. The van der Waals surface area contributed by atoms with Crippen LogP contribution >= 0.6 is 0 Å². The molecule has 0 aromatic rings. The van der Waals surface area contributed by atoms with Crippen LogP contribution in [0.1, 0.15) is 6.92 Å². The molecular weight excluding hydrogens is 188 g/mol. The lowest BCUT2D eigenvalue weighted by molar-refractivity contribution is -0.306. The highest BCUT2D eigenvalue weighted by molar-refractivity contribution is 5.72. The van der Waals surface area contributed by atoms with E-state index in [-0.39, 0.29) is 25.6 Å². The maximum Gasteiger partial charge on any atom is 0.216 e. The average molecular weight is 203 g/mol. The summed E-state index contributed by atoms with van der Waals surface area (Å²) in [6, 6.07) is 0. The molecule has 0 rings (SSSR count). The molecule has 0 heterocycles. The molecule has 0 radical (unpaired) electrons. The van der Waals surface area contributed by atoms with Crippen molar-refractivity contribution in [3.05, 3.63) is 0 Å². The van der Waals surface area contributed by atoms with Crippen LogP contribution in [0.25, 0.3) is 0 Å². The number of aliphatic carboxylic acids is 1. The van der Waals surface area contributed by atoms with E-state index in [4.69, 9.17) is 5.11 Å². The lowest BCUT2D eigenvalue weighted by Gasteiger charge is -2.21. The Balaban J connectivity index is 3.72. The molecule has 0 aliphatic carbocycles. The number of nitrogens with zero attached hydrogens (tertiary/aromatic N) is 1. The molecule has 14 heavy (non-hydrogen) atoms. The van der Waals surface area contributed by atoms with Crippen molar-refractivity contribution in [1.29, 1.82) is 0 Å². The SMILES string of the molecule is CC(=O)NCCN(CCO)CC(=O)[O-]. The van der Waals surface area contributed by atoms with E-state index in [1.165, 1.54) is 11.8 Å². The monoisotopic (exact) mass is 203 g/mol. The van der Waals surface area contributed by atoms with Gasteiger partial charge in [0.1, 0.15) is 0 Å². The number of hydrogen-bond acceptors (Lipinski definition) is 5. The number of carbonyl (C=O) groups excluding carboxylic acids is 2. The summed E-state index contributed by atoms with van der Waals surface area (Å²) in [6.45, 7) is 2.03. The molecule has 0 unspecified atom stereocenters. The maximum absolute atomic E-state index is 10.5. The molecule has 0 saturated heterocycles. The molecule has 6 heteroatoms. The Hall–Kier alpha value is -1.14. The van der Waals surface area contributed by atoms with Crippen LogP contribution < -0.4 is 10.4 Å². The Bertz CT molecular complexity index is 196. The van der Waals surface area contributed by atoms with Crippen LogP contribution in [-0.4, -0.2) is 54.7 Å². The third-order valence-electron chi connectivity index (χ3n) is 1.57. The van der Waals surface area contributed by atoms with Crippen LogP contribution in [0.15, 0.2) is 0 Å². The second kappa shape index (κ2) is 7.28. The van der Waals surface area contributed by atoms with Gasteiger partial charge < -0.3 is 20.3 Å². The number of carbonyl (C=O) groups is 2. The van der Waals surface area contributed by atoms with E-state index < -0.39 is 5.97 Å². The molecule has 6 nitrogen and oxygen atoms in total. The average Bonchev–Trinajstić information content (AvgIpc) is 2.02. The van der Waals surface area contributed by atoms with Crippen molar-refractivity contribution >= 4 is 11.9 Å². The predicted octanol–water partition coefficient (Wildman–Crippen LogP) is -2.83. The van der Waals surface area contributed by atoms with Gasteiger partial charge in [-0.3, -0.25) is 9.69 Å². The van der Waals surface area contributed by atoms with Gasteiger partial charge in [-0.25, -0.2) is 0 Å². The normalized spacial score (nSPS) is 10.2. The first-order valence-corrected chi connectivity index (χ1v) is 4.33. The van der Waals surface area contributed by atoms with Crippen molar-refractivity contribution in [2.24, 2.45) is 0 Å². The molecule has 82 valence electrons. The maximum atomic E-state index is 10.5. The van der Waals surface area contributed by atoms with E-state index in [9.17, 15) is 14.7 Å². The van der Waals surface area contributed by atoms with Crippen LogP contribution in [0.2, 0.25) is 0 Å². The summed E-state index contributed by atoms with van der Waals surface area (Å²) in [5.74, 6) is -1.36. The highest BCUT2D eigenvalue weighted by Gasteiger charge is 2.03. The van der Waals surface area contributed by atoms with Gasteiger partial charge in [0.15, 0.2) is 0 Å². The topological polar surface area (TPSA) is 92.7 Å². The Morgan fingerprint density at radius 1 is 1.43 bits per heavy atom. The number of aliphatic hydroxyl groups excluding tert-OH is 1. The van der Waals surface area contributed by atoms with Crippen molar-refractivity contribution in [3.8, 4) is 0 Å². The molecule has 2 N–H and O–H groups in total. The fraction of sp³-hybridized carbons (Fsp3) is 0.750.